The second-order valence-corrected chi connectivity index (χ2v) is 9.59. The fraction of sp³-hybridized carbons (Fsp3) is 0.481. The summed E-state index contributed by atoms with van der Waals surface area (Å²) in [4.78, 5) is 26.0. The molecule has 4 rings (SSSR count). The molecule has 5 nitrogen and oxygen atoms in total. The van der Waals surface area contributed by atoms with E-state index in [4.69, 9.17) is 0 Å². The molecule has 0 radical (unpaired) electrons. The molecule has 1 aliphatic carbocycles. The van der Waals surface area contributed by atoms with Crippen molar-refractivity contribution >= 4 is 12.3 Å². The minimum absolute atomic E-state index is 0.0994. The number of rotatable bonds is 10. The van der Waals surface area contributed by atoms with Crippen molar-refractivity contribution in [3.8, 4) is 0 Å². The van der Waals surface area contributed by atoms with E-state index in [1.54, 1.807) is 0 Å². The molecule has 0 bridgehead atoms. The molecule has 1 heterocycles. The van der Waals surface area contributed by atoms with E-state index in [2.05, 4.69) is 34.6 Å². The fourth-order valence-electron chi connectivity index (χ4n) is 5.32. The van der Waals surface area contributed by atoms with E-state index < -0.39 is 0 Å². The summed E-state index contributed by atoms with van der Waals surface area (Å²) in [5, 5.41) is 6.04. The normalized spacial score (nSPS) is 22.8. The average Bonchev–Trinajstić information content (AvgIpc) is 3.63. The number of hydrogen-bond donors (Lipinski definition) is 2. The van der Waals surface area contributed by atoms with E-state index in [0.717, 1.165) is 50.9 Å². The van der Waals surface area contributed by atoms with Gasteiger partial charge in [0.25, 0.3) is 0 Å². The maximum absolute atomic E-state index is 13.4. The molecule has 0 aromatic heterocycles. The molecular weight excluding hydrogens is 417 g/mol. The summed E-state index contributed by atoms with van der Waals surface area (Å²) >= 11 is 0. The van der Waals surface area contributed by atoms with E-state index in [1.807, 2.05) is 30.3 Å². The number of likely N-dealkylation sites (tertiary alicyclic amines) is 1. The van der Waals surface area contributed by atoms with Crippen LogP contribution in [-0.2, 0) is 9.59 Å². The minimum atomic E-state index is -0.243. The van der Waals surface area contributed by atoms with Gasteiger partial charge in [-0.15, -0.1) is 0 Å². The summed E-state index contributed by atoms with van der Waals surface area (Å²) in [6.07, 6.45) is 3.70. The SMILES string of the molecule is C[C@@H](CN1CCC(C(CNC=O)c2ccc(F)cc2)CC1)NC(=O)C1C[C@H]1c1ccccc1. The van der Waals surface area contributed by atoms with Crippen LogP contribution in [0.2, 0.25) is 0 Å². The number of carbonyl (C=O) groups is 2. The monoisotopic (exact) mass is 451 g/mol. The standard InChI is InChI=1S/C27H34FN3O2/c1-19(30-27(33)25-15-24(25)20-5-3-2-4-6-20)17-31-13-11-22(12-14-31)26(16-29-18-32)21-7-9-23(28)10-8-21/h2-10,18-19,22,24-26H,11-17H2,1H3,(H,29,32)(H,30,33)/t19-,24-,25?,26?/m0/s1. The molecule has 6 heteroatoms. The van der Waals surface area contributed by atoms with Crippen molar-refractivity contribution < 1.29 is 14.0 Å². The van der Waals surface area contributed by atoms with Crippen LogP contribution < -0.4 is 10.6 Å². The lowest BCUT2D eigenvalue weighted by Crippen LogP contribution is -2.46. The van der Waals surface area contributed by atoms with Crippen LogP contribution in [0.15, 0.2) is 54.6 Å². The van der Waals surface area contributed by atoms with Crippen molar-refractivity contribution in [2.24, 2.45) is 11.8 Å². The maximum atomic E-state index is 13.4. The van der Waals surface area contributed by atoms with Crippen LogP contribution >= 0.6 is 0 Å². The predicted molar refractivity (Wildman–Crippen MR) is 127 cm³/mol. The van der Waals surface area contributed by atoms with Gasteiger partial charge in [-0.25, -0.2) is 4.39 Å². The van der Waals surface area contributed by atoms with Crippen molar-refractivity contribution in [3.63, 3.8) is 0 Å². The van der Waals surface area contributed by atoms with Gasteiger partial charge >= 0.3 is 0 Å². The van der Waals surface area contributed by atoms with Crippen molar-refractivity contribution in [3.05, 3.63) is 71.5 Å². The van der Waals surface area contributed by atoms with Crippen LogP contribution in [0.5, 0.6) is 0 Å². The minimum Gasteiger partial charge on any atom is -0.358 e. The molecule has 1 aliphatic heterocycles. The summed E-state index contributed by atoms with van der Waals surface area (Å²) in [6.45, 7) is 5.41. The Morgan fingerprint density at radius 2 is 1.82 bits per heavy atom. The van der Waals surface area contributed by atoms with Gasteiger partial charge in [0, 0.05) is 31.0 Å². The summed E-state index contributed by atoms with van der Waals surface area (Å²) in [5.74, 6) is 0.998. The number of benzene rings is 2. The lowest BCUT2D eigenvalue weighted by molar-refractivity contribution is -0.123. The molecule has 2 aliphatic rings. The van der Waals surface area contributed by atoms with Gasteiger partial charge in [-0.1, -0.05) is 42.5 Å². The Bertz CT molecular complexity index is 913. The van der Waals surface area contributed by atoms with E-state index in [1.165, 1.54) is 17.7 Å². The smallest absolute Gasteiger partial charge is 0.224 e. The number of amides is 2. The average molecular weight is 452 g/mol. The van der Waals surface area contributed by atoms with Crippen LogP contribution in [0.4, 0.5) is 4.39 Å². The topological polar surface area (TPSA) is 61.4 Å². The van der Waals surface area contributed by atoms with Gasteiger partial charge in [0.05, 0.1) is 0 Å². The van der Waals surface area contributed by atoms with E-state index in [9.17, 15) is 14.0 Å². The molecule has 33 heavy (non-hydrogen) atoms. The molecule has 4 atom stereocenters. The lowest BCUT2D eigenvalue weighted by atomic mass is 9.80. The third kappa shape index (κ3) is 6.20. The lowest BCUT2D eigenvalue weighted by Gasteiger charge is -2.37. The third-order valence-corrected chi connectivity index (χ3v) is 7.20. The molecule has 1 saturated heterocycles. The highest BCUT2D eigenvalue weighted by Gasteiger charge is 2.44. The Morgan fingerprint density at radius 3 is 2.48 bits per heavy atom. The van der Waals surface area contributed by atoms with Gasteiger partial charge in [0.15, 0.2) is 0 Å². The van der Waals surface area contributed by atoms with Gasteiger partial charge in [0.1, 0.15) is 5.82 Å². The summed E-state index contributed by atoms with van der Waals surface area (Å²) in [7, 11) is 0. The first-order chi connectivity index (χ1) is 16.0. The largest absolute Gasteiger partial charge is 0.358 e. The molecule has 2 N–H and O–H groups in total. The van der Waals surface area contributed by atoms with Crippen molar-refractivity contribution in [1.82, 2.24) is 15.5 Å². The van der Waals surface area contributed by atoms with E-state index >= 15 is 0 Å². The van der Waals surface area contributed by atoms with Gasteiger partial charge in [-0.3, -0.25) is 9.59 Å². The molecular formula is C27H34FN3O2. The number of nitrogens with zero attached hydrogens (tertiary/aromatic N) is 1. The molecule has 2 aromatic carbocycles. The van der Waals surface area contributed by atoms with Gasteiger partial charge < -0.3 is 15.5 Å². The van der Waals surface area contributed by atoms with Gasteiger partial charge in [-0.05, 0) is 74.4 Å². The molecule has 1 saturated carbocycles. The van der Waals surface area contributed by atoms with Gasteiger partial charge in [-0.2, -0.15) is 0 Å². The van der Waals surface area contributed by atoms with Crippen molar-refractivity contribution in [2.45, 2.75) is 44.1 Å². The summed E-state index contributed by atoms with van der Waals surface area (Å²) < 4.78 is 13.4. The Balaban J connectivity index is 1.24. The van der Waals surface area contributed by atoms with Crippen LogP contribution in [0, 0.1) is 17.7 Å². The Kier molecular flexibility index (Phi) is 7.76. The molecule has 2 fully saturated rings. The fourth-order valence-corrected chi connectivity index (χ4v) is 5.32. The van der Waals surface area contributed by atoms with Crippen LogP contribution in [0.1, 0.15) is 49.1 Å². The van der Waals surface area contributed by atoms with E-state index in [-0.39, 0.29) is 29.6 Å². The first-order valence-corrected chi connectivity index (χ1v) is 12.0. The number of nitrogens with one attached hydrogen (secondary N) is 2. The second kappa shape index (κ2) is 10.9. The zero-order chi connectivity index (χ0) is 23.2. The number of piperidine rings is 1. The highest BCUT2D eigenvalue weighted by Crippen LogP contribution is 2.47. The maximum Gasteiger partial charge on any atom is 0.224 e. The second-order valence-electron chi connectivity index (χ2n) is 9.59. The Morgan fingerprint density at radius 1 is 1.12 bits per heavy atom. The number of carbonyl (C=O) groups excluding carboxylic acids is 2. The molecule has 2 aromatic rings. The summed E-state index contributed by atoms with van der Waals surface area (Å²) in [6, 6.07) is 17.0. The Labute approximate surface area is 195 Å². The van der Waals surface area contributed by atoms with Crippen LogP contribution in [0.3, 0.4) is 0 Å². The van der Waals surface area contributed by atoms with Crippen molar-refractivity contribution in [2.75, 3.05) is 26.2 Å². The summed E-state index contributed by atoms with van der Waals surface area (Å²) in [5.41, 5.74) is 2.33. The molecule has 0 spiro atoms. The zero-order valence-electron chi connectivity index (χ0n) is 19.3. The molecule has 2 amide bonds. The molecule has 176 valence electrons. The number of halogens is 1. The first-order valence-electron chi connectivity index (χ1n) is 12.0. The highest BCUT2D eigenvalue weighted by atomic mass is 19.1. The van der Waals surface area contributed by atoms with E-state index in [0.29, 0.717) is 18.4 Å². The Hall–Kier alpha value is -2.73. The third-order valence-electron chi connectivity index (χ3n) is 7.20. The number of hydrogen-bond acceptors (Lipinski definition) is 3. The predicted octanol–water partition coefficient (Wildman–Crippen LogP) is 3.68. The van der Waals surface area contributed by atoms with Crippen molar-refractivity contribution in [1.29, 1.82) is 0 Å². The van der Waals surface area contributed by atoms with Crippen LogP contribution in [0.25, 0.3) is 0 Å². The zero-order valence-corrected chi connectivity index (χ0v) is 19.3. The van der Waals surface area contributed by atoms with Gasteiger partial charge in [0.2, 0.25) is 12.3 Å². The van der Waals surface area contributed by atoms with Crippen LogP contribution in [-0.4, -0.2) is 49.4 Å². The quantitative estimate of drug-likeness (QED) is 0.542. The molecule has 2 unspecified atom stereocenters. The first kappa shape index (κ1) is 23.4. The highest BCUT2D eigenvalue weighted by molar-refractivity contribution is 5.83.